The molecule has 0 atom stereocenters. The largest absolute Gasteiger partial charge is 0.367 e. The number of rotatable bonds is 3. The standard InChI is InChI=1S/C15H19FN4/c1-18-11-13(10-17-18)12-19-6-8-20(9-7-19)15-5-3-2-4-14(15)16/h2-5,10-11H,6-9,12H2,1H3. The summed E-state index contributed by atoms with van der Waals surface area (Å²) < 4.78 is 15.6. The summed E-state index contributed by atoms with van der Waals surface area (Å²) >= 11 is 0. The van der Waals surface area contributed by atoms with Crippen molar-refractivity contribution in [3.05, 3.63) is 48.0 Å². The zero-order valence-electron chi connectivity index (χ0n) is 11.7. The molecule has 0 bridgehead atoms. The maximum absolute atomic E-state index is 13.8. The highest BCUT2D eigenvalue weighted by Crippen LogP contribution is 2.20. The Morgan fingerprint density at radius 1 is 1.15 bits per heavy atom. The van der Waals surface area contributed by atoms with Gasteiger partial charge in [-0.05, 0) is 12.1 Å². The maximum Gasteiger partial charge on any atom is 0.146 e. The van der Waals surface area contributed by atoms with Gasteiger partial charge in [-0.15, -0.1) is 0 Å². The average molecular weight is 274 g/mol. The van der Waals surface area contributed by atoms with Gasteiger partial charge in [0.05, 0.1) is 11.9 Å². The van der Waals surface area contributed by atoms with E-state index in [4.69, 9.17) is 0 Å². The van der Waals surface area contributed by atoms with Crippen molar-refractivity contribution in [2.24, 2.45) is 7.05 Å². The first kappa shape index (κ1) is 13.1. The summed E-state index contributed by atoms with van der Waals surface area (Å²) in [6, 6.07) is 7.00. The highest BCUT2D eigenvalue weighted by Gasteiger charge is 2.19. The quantitative estimate of drug-likeness (QED) is 0.854. The van der Waals surface area contributed by atoms with Gasteiger partial charge in [-0.3, -0.25) is 9.58 Å². The number of piperazine rings is 1. The van der Waals surface area contributed by atoms with Crippen LogP contribution in [0.5, 0.6) is 0 Å². The minimum Gasteiger partial charge on any atom is -0.367 e. The number of anilines is 1. The van der Waals surface area contributed by atoms with Crippen LogP contribution in [0.1, 0.15) is 5.56 Å². The Balaban J connectivity index is 1.58. The van der Waals surface area contributed by atoms with Crippen LogP contribution in [-0.2, 0) is 13.6 Å². The first-order valence-electron chi connectivity index (χ1n) is 6.92. The van der Waals surface area contributed by atoms with Crippen LogP contribution in [0.3, 0.4) is 0 Å². The van der Waals surface area contributed by atoms with Gasteiger partial charge < -0.3 is 4.90 Å². The molecule has 1 aromatic heterocycles. The molecule has 0 N–H and O–H groups in total. The van der Waals surface area contributed by atoms with Crippen LogP contribution in [-0.4, -0.2) is 40.9 Å². The molecule has 3 rings (SSSR count). The van der Waals surface area contributed by atoms with Gasteiger partial charge in [0.2, 0.25) is 0 Å². The Morgan fingerprint density at radius 3 is 2.55 bits per heavy atom. The second kappa shape index (κ2) is 5.63. The lowest BCUT2D eigenvalue weighted by atomic mass is 10.2. The Bertz CT molecular complexity index is 573. The van der Waals surface area contributed by atoms with Crippen molar-refractivity contribution in [1.82, 2.24) is 14.7 Å². The van der Waals surface area contributed by atoms with Crippen LogP contribution < -0.4 is 4.90 Å². The van der Waals surface area contributed by atoms with Crippen molar-refractivity contribution in [2.75, 3.05) is 31.1 Å². The predicted molar refractivity (Wildman–Crippen MR) is 77.1 cm³/mol. The van der Waals surface area contributed by atoms with E-state index in [9.17, 15) is 4.39 Å². The lowest BCUT2D eigenvalue weighted by Crippen LogP contribution is -2.46. The molecule has 0 saturated carbocycles. The summed E-state index contributed by atoms with van der Waals surface area (Å²) in [5.74, 6) is -0.131. The Hall–Kier alpha value is -1.88. The number of para-hydroxylation sites is 1. The molecule has 1 saturated heterocycles. The molecule has 1 fully saturated rings. The fourth-order valence-electron chi connectivity index (χ4n) is 2.67. The third-order valence-electron chi connectivity index (χ3n) is 3.73. The van der Waals surface area contributed by atoms with Gasteiger partial charge in [0.1, 0.15) is 5.82 Å². The first-order chi connectivity index (χ1) is 9.72. The number of hydrogen-bond acceptors (Lipinski definition) is 3. The SMILES string of the molecule is Cn1cc(CN2CCN(c3ccccc3F)CC2)cn1. The molecule has 0 aliphatic carbocycles. The fourth-order valence-corrected chi connectivity index (χ4v) is 2.67. The molecule has 0 amide bonds. The zero-order chi connectivity index (χ0) is 13.9. The lowest BCUT2D eigenvalue weighted by molar-refractivity contribution is 0.249. The van der Waals surface area contributed by atoms with Crippen molar-refractivity contribution < 1.29 is 4.39 Å². The van der Waals surface area contributed by atoms with Crippen molar-refractivity contribution >= 4 is 5.69 Å². The highest BCUT2D eigenvalue weighted by atomic mass is 19.1. The monoisotopic (exact) mass is 274 g/mol. The van der Waals surface area contributed by atoms with Crippen molar-refractivity contribution in [1.29, 1.82) is 0 Å². The van der Waals surface area contributed by atoms with E-state index >= 15 is 0 Å². The van der Waals surface area contributed by atoms with E-state index < -0.39 is 0 Å². The van der Waals surface area contributed by atoms with Gasteiger partial charge in [0, 0.05) is 51.5 Å². The number of nitrogens with zero attached hydrogens (tertiary/aromatic N) is 4. The number of aryl methyl sites for hydroxylation is 1. The Kier molecular flexibility index (Phi) is 3.69. The summed E-state index contributed by atoms with van der Waals surface area (Å²) in [6.07, 6.45) is 3.95. The lowest BCUT2D eigenvalue weighted by Gasteiger charge is -2.36. The molecule has 1 aliphatic rings. The minimum absolute atomic E-state index is 0.131. The van der Waals surface area contributed by atoms with Gasteiger partial charge in [-0.25, -0.2) is 4.39 Å². The first-order valence-corrected chi connectivity index (χ1v) is 6.92. The van der Waals surface area contributed by atoms with Crippen LogP contribution in [0, 0.1) is 5.82 Å². The molecule has 1 aliphatic heterocycles. The summed E-state index contributed by atoms with van der Waals surface area (Å²) in [4.78, 5) is 4.50. The summed E-state index contributed by atoms with van der Waals surface area (Å²) in [6.45, 7) is 4.54. The third kappa shape index (κ3) is 2.82. The van der Waals surface area contributed by atoms with E-state index in [-0.39, 0.29) is 5.82 Å². The Morgan fingerprint density at radius 2 is 1.90 bits per heavy atom. The third-order valence-corrected chi connectivity index (χ3v) is 3.73. The zero-order valence-corrected chi connectivity index (χ0v) is 11.7. The average Bonchev–Trinajstić information content (AvgIpc) is 2.86. The summed E-state index contributed by atoms with van der Waals surface area (Å²) in [7, 11) is 1.93. The topological polar surface area (TPSA) is 24.3 Å². The van der Waals surface area contributed by atoms with Crippen LogP contribution in [0.4, 0.5) is 10.1 Å². The number of hydrogen-bond donors (Lipinski definition) is 0. The Labute approximate surface area is 118 Å². The van der Waals surface area contributed by atoms with Crippen molar-refractivity contribution in [3.63, 3.8) is 0 Å². The van der Waals surface area contributed by atoms with E-state index in [2.05, 4.69) is 14.9 Å². The molecule has 5 heteroatoms. The highest BCUT2D eigenvalue weighted by molar-refractivity contribution is 5.47. The normalized spacial score (nSPS) is 16.6. The van der Waals surface area contributed by atoms with E-state index in [1.807, 2.05) is 36.3 Å². The van der Waals surface area contributed by atoms with E-state index in [0.717, 1.165) is 32.7 Å². The number of aromatic nitrogens is 2. The maximum atomic E-state index is 13.8. The van der Waals surface area contributed by atoms with E-state index in [0.29, 0.717) is 5.69 Å². The molecule has 0 spiro atoms. The molecule has 0 radical (unpaired) electrons. The van der Waals surface area contributed by atoms with Crippen molar-refractivity contribution in [2.45, 2.75) is 6.54 Å². The van der Waals surface area contributed by atoms with E-state index in [1.54, 1.807) is 6.07 Å². The van der Waals surface area contributed by atoms with Crippen LogP contribution in [0.25, 0.3) is 0 Å². The minimum atomic E-state index is -0.131. The molecule has 106 valence electrons. The molecular formula is C15H19FN4. The molecule has 2 heterocycles. The fraction of sp³-hybridized carbons (Fsp3) is 0.400. The van der Waals surface area contributed by atoms with Crippen molar-refractivity contribution in [3.8, 4) is 0 Å². The molecule has 4 nitrogen and oxygen atoms in total. The molecule has 2 aromatic rings. The molecule has 20 heavy (non-hydrogen) atoms. The van der Waals surface area contributed by atoms with E-state index in [1.165, 1.54) is 11.6 Å². The second-order valence-corrected chi connectivity index (χ2v) is 5.24. The predicted octanol–water partition coefficient (Wildman–Crippen LogP) is 1.88. The van der Waals surface area contributed by atoms with Gasteiger partial charge in [0.25, 0.3) is 0 Å². The smallest absolute Gasteiger partial charge is 0.146 e. The summed E-state index contributed by atoms with van der Waals surface area (Å²) in [5.41, 5.74) is 1.94. The van der Waals surface area contributed by atoms with Crippen LogP contribution in [0.2, 0.25) is 0 Å². The second-order valence-electron chi connectivity index (χ2n) is 5.24. The van der Waals surface area contributed by atoms with Gasteiger partial charge in [0.15, 0.2) is 0 Å². The van der Waals surface area contributed by atoms with Crippen LogP contribution in [0.15, 0.2) is 36.7 Å². The summed E-state index contributed by atoms with van der Waals surface area (Å²) in [5, 5.41) is 4.19. The van der Waals surface area contributed by atoms with Gasteiger partial charge in [-0.1, -0.05) is 12.1 Å². The number of halogens is 1. The van der Waals surface area contributed by atoms with Gasteiger partial charge >= 0.3 is 0 Å². The molecular weight excluding hydrogens is 255 g/mol. The van der Waals surface area contributed by atoms with Crippen LogP contribution >= 0.6 is 0 Å². The van der Waals surface area contributed by atoms with Gasteiger partial charge in [-0.2, -0.15) is 5.10 Å². The molecule has 0 unspecified atom stereocenters. The number of benzene rings is 1. The molecule has 1 aromatic carbocycles.